The number of nitrogens with zero attached hydrogens (tertiary/aromatic N) is 2. The van der Waals surface area contributed by atoms with E-state index < -0.39 is 49.6 Å². The maximum atomic E-state index is 14.8. The molecule has 3 rings (SSSR count). The van der Waals surface area contributed by atoms with E-state index in [2.05, 4.69) is 9.44 Å². The second-order valence-electron chi connectivity index (χ2n) is 10.4. The minimum Gasteiger partial charge on any atom is -0.444 e. The molecule has 0 unspecified atom stereocenters. The van der Waals surface area contributed by atoms with Gasteiger partial charge in [-0.15, -0.1) is 0 Å². The summed E-state index contributed by atoms with van der Waals surface area (Å²) < 4.78 is 91.4. The molecule has 1 heterocycles. The van der Waals surface area contributed by atoms with Crippen molar-refractivity contribution in [1.82, 2.24) is 13.6 Å². The first-order valence-electron chi connectivity index (χ1n) is 12.1. The van der Waals surface area contributed by atoms with Gasteiger partial charge in [-0.3, -0.25) is 4.72 Å². The average molecular weight is 599 g/mol. The molecule has 14 heteroatoms. The molecule has 0 aliphatic carbocycles. The number of anilines is 1. The Labute approximate surface area is 233 Å². The first-order valence-corrected chi connectivity index (χ1v) is 15.1. The molecule has 218 valence electrons. The number of aromatic nitrogens is 1. The van der Waals surface area contributed by atoms with Crippen LogP contribution in [0.1, 0.15) is 40.2 Å². The largest absolute Gasteiger partial charge is 0.444 e. The molecule has 1 aromatic heterocycles. The summed E-state index contributed by atoms with van der Waals surface area (Å²) in [5.41, 5.74) is -0.804. The number of amides is 1. The number of ether oxygens (including phenoxy) is 1. The smallest absolute Gasteiger partial charge is 0.410 e. The van der Waals surface area contributed by atoms with Gasteiger partial charge in [-0.25, -0.2) is 26.0 Å². The first-order chi connectivity index (χ1) is 18.4. The van der Waals surface area contributed by atoms with E-state index in [4.69, 9.17) is 4.74 Å². The van der Waals surface area contributed by atoms with Crippen LogP contribution in [0.25, 0.3) is 11.3 Å². The van der Waals surface area contributed by atoms with Crippen molar-refractivity contribution in [3.05, 3.63) is 71.9 Å². The van der Waals surface area contributed by atoms with Crippen LogP contribution in [0.5, 0.6) is 0 Å². The fourth-order valence-electron chi connectivity index (χ4n) is 3.68. The Morgan fingerprint density at radius 2 is 1.73 bits per heavy atom. The zero-order valence-corrected chi connectivity index (χ0v) is 24.5. The molecular weight excluding hydrogens is 566 g/mol. The molecule has 40 heavy (non-hydrogen) atoms. The van der Waals surface area contributed by atoms with Gasteiger partial charge in [-0.05, 0) is 76.6 Å². The summed E-state index contributed by atoms with van der Waals surface area (Å²) in [4.78, 5) is 13.4. The molecule has 10 nitrogen and oxygen atoms in total. The lowest BCUT2D eigenvalue weighted by molar-refractivity contribution is 0.0285. The highest BCUT2D eigenvalue weighted by Gasteiger charge is 2.26. The fourth-order valence-corrected chi connectivity index (χ4v) is 6.24. The zero-order chi connectivity index (χ0) is 30.0. The number of carbonyl (C=O) groups excluding carboxylic acids is 1. The number of hydrogen-bond donors (Lipinski definition) is 2. The van der Waals surface area contributed by atoms with Gasteiger partial charge in [0.15, 0.2) is 0 Å². The minimum absolute atomic E-state index is 0.0271. The molecular formula is C26H32F2N4O6S2. The summed E-state index contributed by atoms with van der Waals surface area (Å²) in [6.07, 6.45) is 0.554. The van der Waals surface area contributed by atoms with Crippen LogP contribution in [0, 0.1) is 11.6 Å². The number of rotatable bonds is 9. The summed E-state index contributed by atoms with van der Waals surface area (Å²) in [5, 5.41) is 0. The van der Waals surface area contributed by atoms with Gasteiger partial charge >= 0.3 is 6.09 Å². The van der Waals surface area contributed by atoms with Crippen LogP contribution in [-0.4, -0.2) is 50.5 Å². The van der Waals surface area contributed by atoms with Gasteiger partial charge in [0.1, 0.15) is 17.2 Å². The SMILES string of the molecule is CC(C)NS(=O)(=O)Nc1cccc(S(=O)(=O)n2cc(CN(C)C(=O)OC(C)(C)C)cc2-c2ccc(F)cc2F)c1. The Kier molecular flexibility index (Phi) is 8.96. The highest BCUT2D eigenvalue weighted by atomic mass is 32.2. The van der Waals surface area contributed by atoms with Crippen molar-refractivity contribution in [2.24, 2.45) is 0 Å². The Balaban J connectivity index is 2.08. The lowest BCUT2D eigenvalue weighted by atomic mass is 10.1. The van der Waals surface area contributed by atoms with E-state index in [9.17, 15) is 30.4 Å². The molecule has 0 bridgehead atoms. The average Bonchev–Trinajstić information content (AvgIpc) is 3.21. The molecule has 0 aliphatic heterocycles. The lowest BCUT2D eigenvalue weighted by Gasteiger charge is -2.24. The summed E-state index contributed by atoms with van der Waals surface area (Å²) in [6, 6.07) is 8.77. The van der Waals surface area contributed by atoms with Gasteiger partial charge in [0.25, 0.3) is 20.2 Å². The van der Waals surface area contributed by atoms with E-state index >= 15 is 0 Å². The van der Waals surface area contributed by atoms with Crippen LogP contribution in [0.3, 0.4) is 0 Å². The van der Waals surface area contributed by atoms with Crippen LogP contribution in [0.15, 0.2) is 59.6 Å². The van der Waals surface area contributed by atoms with Crippen LogP contribution >= 0.6 is 0 Å². The summed E-state index contributed by atoms with van der Waals surface area (Å²) in [7, 11) is -6.97. The fraction of sp³-hybridized carbons (Fsp3) is 0.346. The highest BCUT2D eigenvalue weighted by molar-refractivity contribution is 7.91. The minimum atomic E-state index is -4.44. The van der Waals surface area contributed by atoms with E-state index in [0.717, 1.165) is 22.2 Å². The molecule has 0 saturated carbocycles. The van der Waals surface area contributed by atoms with E-state index in [1.165, 1.54) is 42.4 Å². The monoisotopic (exact) mass is 598 g/mol. The second kappa shape index (κ2) is 11.6. The molecule has 2 N–H and O–H groups in total. The molecule has 0 radical (unpaired) electrons. The summed E-state index contributed by atoms with van der Waals surface area (Å²) >= 11 is 0. The third-order valence-corrected chi connectivity index (χ3v) is 8.16. The number of carbonyl (C=O) groups is 1. The summed E-state index contributed by atoms with van der Waals surface area (Å²) in [5.74, 6) is -1.84. The van der Waals surface area contributed by atoms with E-state index in [-0.39, 0.29) is 28.4 Å². The number of hydrogen-bond acceptors (Lipinski definition) is 6. The van der Waals surface area contributed by atoms with Crippen molar-refractivity contribution in [3.8, 4) is 11.3 Å². The van der Waals surface area contributed by atoms with Crippen molar-refractivity contribution in [2.45, 2.75) is 57.7 Å². The predicted molar refractivity (Wildman–Crippen MR) is 147 cm³/mol. The van der Waals surface area contributed by atoms with Gasteiger partial charge in [-0.1, -0.05) is 6.07 Å². The molecule has 0 saturated heterocycles. The van der Waals surface area contributed by atoms with Gasteiger partial charge in [0, 0.05) is 30.9 Å². The molecule has 2 aromatic carbocycles. The van der Waals surface area contributed by atoms with Gasteiger partial charge in [0.05, 0.1) is 22.8 Å². The zero-order valence-electron chi connectivity index (χ0n) is 22.9. The topological polar surface area (TPSA) is 127 Å². The third-order valence-electron chi connectivity index (χ3n) is 5.21. The van der Waals surface area contributed by atoms with Gasteiger partial charge in [-0.2, -0.15) is 13.1 Å². The number of benzene rings is 2. The van der Waals surface area contributed by atoms with Crippen LogP contribution in [0.4, 0.5) is 19.3 Å². The van der Waals surface area contributed by atoms with E-state index in [1.807, 2.05) is 0 Å². The normalized spacial score (nSPS) is 12.4. The standard InChI is InChI=1S/C26H32F2N4O6S2/c1-17(2)29-40(36,37)30-20-8-7-9-21(14-20)39(34,35)32-16-18(15-31(6)25(33)38-26(3,4)5)12-24(32)22-11-10-19(27)13-23(22)28/h7-14,16-17,29-30H,15H2,1-6H3. The highest BCUT2D eigenvalue weighted by Crippen LogP contribution is 2.31. The third kappa shape index (κ3) is 7.79. The van der Waals surface area contributed by atoms with Crippen molar-refractivity contribution < 1.29 is 35.1 Å². The maximum absolute atomic E-state index is 14.8. The van der Waals surface area contributed by atoms with Crippen molar-refractivity contribution in [2.75, 3.05) is 11.8 Å². The van der Waals surface area contributed by atoms with Crippen LogP contribution < -0.4 is 9.44 Å². The summed E-state index contributed by atoms with van der Waals surface area (Å²) in [6.45, 7) is 8.26. The van der Waals surface area contributed by atoms with E-state index in [1.54, 1.807) is 34.6 Å². The molecule has 0 spiro atoms. The Morgan fingerprint density at radius 1 is 1.05 bits per heavy atom. The molecule has 3 aromatic rings. The van der Waals surface area contributed by atoms with E-state index in [0.29, 0.717) is 11.6 Å². The quantitative estimate of drug-likeness (QED) is 0.368. The molecule has 0 atom stereocenters. The molecule has 0 fully saturated rings. The number of halogens is 2. The van der Waals surface area contributed by atoms with Crippen molar-refractivity contribution in [1.29, 1.82) is 0 Å². The van der Waals surface area contributed by atoms with Gasteiger partial charge < -0.3 is 9.64 Å². The van der Waals surface area contributed by atoms with Crippen LogP contribution in [-0.2, 0) is 31.5 Å². The Bertz CT molecular complexity index is 1610. The maximum Gasteiger partial charge on any atom is 0.410 e. The molecule has 1 amide bonds. The van der Waals surface area contributed by atoms with Gasteiger partial charge in [0.2, 0.25) is 0 Å². The van der Waals surface area contributed by atoms with Crippen LogP contribution in [0.2, 0.25) is 0 Å². The Morgan fingerprint density at radius 3 is 2.33 bits per heavy atom. The Hall–Kier alpha value is -3.49. The lowest BCUT2D eigenvalue weighted by Crippen LogP contribution is -2.35. The second-order valence-corrected chi connectivity index (χ2v) is 13.7. The number of nitrogens with one attached hydrogen (secondary N) is 2. The van der Waals surface area contributed by atoms with Crippen molar-refractivity contribution in [3.63, 3.8) is 0 Å². The van der Waals surface area contributed by atoms with Crippen molar-refractivity contribution >= 4 is 32.0 Å². The first kappa shape index (κ1) is 31.0. The molecule has 0 aliphatic rings. The predicted octanol–water partition coefficient (Wildman–Crippen LogP) is 4.69.